The molecule has 0 saturated carbocycles. The Hall–Kier alpha value is -2.73. The van der Waals surface area contributed by atoms with Crippen molar-refractivity contribution in [1.82, 2.24) is 14.9 Å². The maximum Gasteiger partial charge on any atom is 0.270 e. The molecule has 0 aliphatic carbocycles. The van der Waals surface area contributed by atoms with E-state index in [9.17, 15) is 13.2 Å². The van der Waals surface area contributed by atoms with Crippen molar-refractivity contribution in [3.8, 4) is 11.5 Å². The van der Waals surface area contributed by atoms with Crippen molar-refractivity contribution < 1.29 is 22.7 Å². The Morgan fingerprint density at radius 3 is 2.64 bits per heavy atom. The van der Waals surface area contributed by atoms with E-state index in [1.807, 2.05) is 13.8 Å². The summed E-state index contributed by atoms with van der Waals surface area (Å²) in [6.45, 7) is 3.76. The first kappa shape index (κ1) is 23.4. The number of aromatic nitrogens is 2. The minimum Gasteiger partial charge on any atom is -0.497 e. The molecule has 1 atom stereocenters. The van der Waals surface area contributed by atoms with Crippen LogP contribution in [-0.2, 0) is 10.0 Å². The number of carbonyl (C=O) groups excluding carboxylic acids is 1. The molecule has 1 aliphatic rings. The average molecular weight is 509 g/mol. The van der Waals surface area contributed by atoms with E-state index in [0.717, 1.165) is 11.3 Å². The fourth-order valence-electron chi connectivity index (χ4n) is 3.44. The summed E-state index contributed by atoms with van der Waals surface area (Å²) in [5.41, 5.74) is 0.443. The lowest BCUT2D eigenvalue weighted by Crippen LogP contribution is -2.41. The van der Waals surface area contributed by atoms with Crippen LogP contribution in [0.1, 0.15) is 42.2 Å². The number of nitrogens with one attached hydrogen (secondary N) is 2. The first-order chi connectivity index (χ1) is 15.6. The molecule has 12 heteroatoms. The molecule has 0 saturated heterocycles. The lowest BCUT2D eigenvalue weighted by atomic mass is 9.90. The quantitative estimate of drug-likeness (QED) is 0.482. The molecule has 1 amide bonds. The first-order valence-electron chi connectivity index (χ1n) is 9.86. The van der Waals surface area contributed by atoms with Gasteiger partial charge in [-0.1, -0.05) is 29.0 Å². The Bertz CT molecular complexity index is 1290. The Balaban J connectivity index is 1.53. The monoisotopic (exact) mass is 508 g/mol. The van der Waals surface area contributed by atoms with Gasteiger partial charge in [0, 0.05) is 28.6 Å². The van der Waals surface area contributed by atoms with Gasteiger partial charge in [-0.3, -0.25) is 10.1 Å². The fourth-order valence-corrected chi connectivity index (χ4v) is 5.69. The Labute approximate surface area is 200 Å². The summed E-state index contributed by atoms with van der Waals surface area (Å²) >= 11 is 6.59. The number of hydrogen-bond acceptors (Lipinski definition) is 8. The summed E-state index contributed by atoms with van der Waals surface area (Å²) in [6.07, 6.45) is 0.407. The van der Waals surface area contributed by atoms with Crippen molar-refractivity contribution in [2.75, 3.05) is 12.4 Å². The number of methoxy groups -OCH3 is 1. The zero-order valence-corrected chi connectivity index (χ0v) is 20.3. The van der Waals surface area contributed by atoms with Crippen molar-refractivity contribution in [3.05, 3.63) is 58.6 Å². The molecule has 0 fully saturated rings. The van der Waals surface area contributed by atoms with Crippen LogP contribution in [0, 0.1) is 0 Å². The van der Waals surface area contributed by atoms with E-state index in [1.54, 1.807) is 49.6 Å². The largest absolute Gasteiger partial charge is 0.497 e. The third-order valence-corrected chi connectivity index (χ3v) is 7.87. The lowest BCUT2D eigenvalue weighted by Gasteiger charge is -2.37. The molecule has 0 unspecified atom stereocenters. The van der Waals surface area contributed by atoms with Crippen LogP contribution in [0.25, 0.3) is 0 Å². The van der Waals surface area contributed by atoms with Crippen molar-refractivity contribution in [2.45, 2.75) is 36.3 Å². The molecule has 3 aromatic rings. The number of amides is 1. The van der Waals surface area contributed by atoms with Gasteiger partial charge in [0.2, 0.25) is 9.47 Å². The summed E-state index contributed by atoms with van der Waals surface area (Å²) in [5.74, 6) is 0.707. The topological polar surface area (TPSA) is 120 Å². The predicted molar refractivity (Wildman–Crippen MR) is 125 cm³/mol. The third kappa shape index (κ3) is 5.27. The molecule has 0 radical (unpaired) electrons. The van der Waals surface area contributed by atoms with Gasteiger partial charge in [-0.2, -0.15) is 0 Å². The number of ether oxygens (including phenoxy) is 2. The van der Waals surface area contributed by atoms with Crippen molar-refractivity contribution in [3.63, 3.8) is 0 Å². The highest BCUT2D eigenvalue weighted by molar-refractivity contribution is 7.91. The molecular weight excluding hydrogens is 488 g/mol. The maximum atomic E-state index is 13.1. The smallest absolute Gasteiger partial charge is 0.270 e. The van der Waals surface area contributed by atoms with Gasteiger partial charge in [0.05, 0.1) is 13.2 Å². The number of carbonyl (C=O) groups is 1. The van der Waals surface area contributed by atoms with Crippen LogP contribution in [0.5, 0.6) is 11.5 Å². The number of rotatable bonds is 6. The molecular formula is C21H21ClN4O5S2. The summed E-state index contributed by atoms with van der Waals surface area (Å²) in [5, 5.41) is 10.7. The number of hydrogen-bond donors (Lipinski definition) is 2. The molecule has 1 aromatic heterocycles. The number of nitrogens with zero attached hydrogens (tertiary/aromatic N) is 2. The second-order valence-corrected chi connectivity index (χ2v) is 11.3. The van der Waals surface area contributed by atoms with E-state index in [4.69, 9.17) is 21.1 Å². The van der Waals surface area contributed by atoms with E-state index in [1.165, 1.54) is 0 Å². The minimum atomic E-state index is -4.01. The third-order valence-electron chi connectivity index (χ3n) is 4.94. The summed E-state index contributed by atoms with van der Waals surface area (Å²) in [6, 6.07) is 11.0. The molecule has 0 bridgehead atoms. The number of halogens is 1. The van der Waals surface area contributed by atoms with Crippen LogP contribution < -0.4 is 19.5 Å². The van der Waals surface area contributed by atoms with Crippen LogP contribution in [0.15, 0.2) is 46.8 Å². The van der Waals surface area contributed by atoms with Gasteiger partial charge in [0.1, 0.15) is 17.1 Å². The number of anilines is 1. The molecule has 9 nitrogen and oxygen atoms in total. The SMILES string of the molecule is COc1ccc2c(c1)OC(C)(C)C[C@@H]2NS(=O)(=O)c1nnc(NC(=O)c2ccc(Cl)cc2)s1. The Morgan fingerprint density at radius 1 is 1.21 bits per heavy atom. The number of sulfonamides is 1. The van der Waals surface area contributed by atoms with Crippen LogP contribution >= 0.6 is 22.9 Å². The molecule has 33 heavy (non-hydrogen) atoms. The van der Waals surface area contributed by atoms with Crippen molar-refractivity contribution in [1.29, 1.82) is 0 Å². The van der Waals surface area contributed by atoms with Crippen LogP contribution in [0.2, 0.25) is 5.02 Å². The second-order valence-electron chi connectivity index (χ2n) is 7.98. The zero-order valence-electron chi connectivity index (χ0n) is 18.0. The van der Waals surface area contributed by atoms with E-state index in [2.05, 4.69) is 20.2 Å². The van der Waals surface area contributed by atoms with Crippen molar-refractivity contribution >= 4 is 44.0 Å². The van der Waals surface area contributed by atoms with Crippen LogP contribution in [0.3, 0.4) is 0 Å². The van der Waals surface area contributed by atoms with Gasteiger partial charge < -0.3 is 9.47 Å². The fraction of sp³-hybridized carbons (Fsp3) is 0.286. The highest BCUT2D eigenvalue weighted by Gasteiger charge is 2.37. The van der Waals surface area contributed by atoms with E-state index >= 15 is 0 Å². The van der Waals surface area contributed by atoms with Gasteiger partial charge in [0.15, 0.2) is 0 Å². The zero-order chi connectivity index (χ0) is 23.8. The van der Waals surface area contributed by atoms with Gasteiger partial charge in [-0.15, -0.1) is 10.2 Å². The molecule has 4 rings (SSSR count). The van der Waals surface area contributed by atoms with E-state index in [-0.39, 0.29) is 9.47 Å². The molecule has 1 aliphatic heterocycles. The minimum absolute atomic E-state index is 0.0627. The first-order valence-corrected chi connectivity index (χ1v) is 12.5. The molecule has 2 aromatic carbocycles. The van der Waals surface area contributed by atoms with Crippen LogP contribution in [0.4, 0.5) is 5.13 Å². The highest BCUT2D eigenvalue weighted by atomic mass is 35.5. The van der Waals surface area contributed by atoms with Crippen LogP contribution in [-0.4, -0.2) is 37.2 Å². The van der Waals surface area contributed by atoms with E-state index < -0.39 is 27.6 Å². The molecule has 0 spiro atoms. The van der Waals surface area contributed by atoms with Gasteiger partial charge in [0.25, 0.3) is 15.9 Å². The van der Waals surface area contributed by atoms with Gasteiger partial charge >= 0.3 is 0 Å². The van der Waals surface area contributed by atoms with Gasteiger partial charge in [-0.05, 0) is 44.2 Å². The normalized spacial score (nSPS) is 17.0. The number of benzene rings is 2. The summed E-state index contributed by atoms with van der Waals surface area (Å²) in [7, 11) is -2.46. The Kier molecular flexibility index (Phi) is 6.32. The molecule has 2 heterocycles. The summed E-state index contributed by atoms with van der Waals surface area (Å²) in [4.78, 5) is 12.4. The number of fused-ring (bicyclic) bond motifs is 1. The maximum absolute atomic E-state index is 13.1. The molecule has 174 valence electrons. The average Bonchev–Trinajstić information content (AvgIpc) is 3.22. The Morgan fingerprint density at radius 2 is 1.94 bits per heavy atom. The second kappa shape index (κ2) is 8.90. The van der Waals surface area contributed by atoms with Gasteiger partial charge in [-0.25, -0.2) is 13.1 Å². The summed E-state index contributed by atoms with van der Waals surface area (Å²) < 4.78 is 39.8. The standard InChI is InChI=1S/C21H21ClN4O5S2/c1-21(2)11-16(15-9-8-14(30-3)10-17(15)31-21)26-33(28,29)20-25-24-19(32-20)23-18(27)12-4-6-13(22)7-5-12/h4-10,16,26H,11H2,1-3H3,(H,23,24,27)/t16-/m0/s1. The van der Waals surface area contributed by atoms with Crippen molar-refractivity contribution in [2.24, 2.45) is 0 Å². The van der Waals surface area contributed by atoms with E-state index in [0.29, 0.717) is 34.1 Å². The molecule has 2 N–H and O–H groups in total. The highest BCUT2D eigenvalue weighted by Crippen LogP contribution is 2.42. The lowest BCUT2D eigenvalue weighted by molar-refractivity contribution is 0.0698. The predicted octanol–water partition coefficient (Wildman–Crippen LogP) is 4.03.